The number of anilines is 4. The van der Waals surface area contributed by atoms with Crippen molar-refractivity contribution in [2.45, 2.75) is 6.92 Å². The smallest absolute Gasteiger partial charge is 0.162 e. The molecule has 0 fully saturated rings. The molecule has 0 unspecified atom stereocenters. The van der Waals surface area contributed by atoms with Gasteiger partial charge in [-0.15, -0.1) is 0 Å². The molecule has 140 valence electrons. The molecule has 0 saturated carbocycles. The Labute approximate surface area is 158 Å². The summed E-state index contributed by atoms with van der Waals surface area (Å²) in [6.07, 6.45) is 0. The van der Waals surface area contributed by atoms with Gasteiger partial charge >= 0.3 is 0 Å². The van der Waals surface area contributed by atoms with Gasteiger partial charge in [0, 0.05) is 29.6 Å². The summed E-state index contributed by atoms with van der Waals surface area (Å²) < 4.78 is 15.9. The first-order valence-electron chi connectivity index (χ1n) is 8.37. The largest absolute Gasteiger partial charge is 0.497 e. The molecule has 0 amide bonds. The van der Waals surface area contributed by atoms with Crippen LogP contribution in [0, 0.1) is 6.92 Å². The second-order valence-electron chi connectivity index (χ2n) is 5.74. The van der Waals surface area contributed by atoms with Crippen LogP contribution < -0.4 is 24.8 Å². The number of benzene rings is 2. The Hall–Kier alpha value is -3.48. The average molecular weight is 366 g/mol. The maximum Gasteiger partial charge on any atom is 0.162 e. The molecule has 0 saturated heterocycles. The van der Waals surface area contributed by atoms with Crippen molar-refractivity contribution in [2.24, 2.45) is 0 Å². The van der Waals surface area contributed by atoms with Gasteiger partial charge in [0.25, 0.3) is 0 Å². The molecule has 7 heteroatoms. The Morgan fingerprint density at radius 3 is 2.00 bits per heavy atom. The molecule has 7 nitrogen and oxygen atoms in total. The van der Waals surface area contributed by atoms with E-state index < -0.39 is 0 Å². The molecule has 0 spiro atoms. The van der Waals surface area contributed by atoms with E-state index in [1.165, 1.54) is 0 Å². The number of aryl methyl sites for hydroxylation is 1. The number of nitrogens with zero attached hydrogens (tertiary/aromatic N) is 2. The third-order valence-corrected chi connectivity index (χ3v) is 3.84. The van der Waals surface area contributed by atoms with Gasteiger partial charge < -0.3 is 24.8 Å². The number of aromatic nitrogens is 2. The molecule has 3 rings (SSSR count). The fourth-order valence-corrected chi connectivity index (χ4v) is 2.61. The molecular weight excluding hydrogens is 344 g/mol. The van der Waals surface area contributed by atoms with Gasteiger partial charge in [-0.05, 0) is 31.2 Å². The van der Waals surface area contributed by atoms with Gasteiger partial charge in [0.1, 0.15) is 23.2 Å². The molecule has 1 aromatic heterocycles. The van der Waals surface area contributed by atoms with Crippen LogP contribution in [-0.2, 0) is 0 Å². The van der Waals surface area contributed by atoms with Crippen LogP contribution in [0.25, 0.3) is 0 Å². The minimum absolute atomic E-state index is 0.642. The van der Waals surface area contributed by atoms with Gasteiger partial charge in [-0.2, -0.15) is 0 Å². The highest BCUT2D eigenvalue weighted by atomic mass is 16.5. The first kappa shape index (κ1) is 18.3. The van der Waals surface area contributed by atoms with Crippen molar-refractivity contribution in [2.75, 3.05) is 32.0 Å². The standard InChI is InChI=1S/C20H22N4O3/c1-13-21-19(23-14-6-5-7-16(10-14)25-2)12-20(22-13)24-15-8-9-17(26-3)18(11-15)27-4/h5-12H,1-4H3,(H2,21,22,23,24). The third kappa shape index (κ3) is 4.58. The van der Waals surface area contributed by atoms with Crippen molar-refractivity contribution >= 4 is 23.0 Å². The Morgan fingerprint density at radius 2 is 1.37 bits per heavy atom. The highest BCUT2D eigenvalue weighted by Crippen LogP contribution is 2.31. The summed E-state index contributed by atoms with van der Waals surface area (Å²) in [6.45, 7) is 1.84. The summed E-state index contributed by atoms with van der Waals surface area (Å²) in [7, 11) is 4.85. The highest BCUT2D eigenvalue weighted by molar-refractivity contribution is 5.65. The van der Waals surface area contributed by atoms with E-state index >= 15 is 0 Å². The molecule has 27 heavy (non-hydrogen) atoms. The zero-order valence-corrected chi connectivity index (χ0v) is 15.7. The van der Waals surface area contributed by atoms with Gasteiger partial charge in [0.15, 0.2) is 11.5 Å². The minimum atomic E-state index is 0.642. The molecule has 2 aromatic carbocycles. The lowest BCUT2D eigenvalue weighted by Gasteiger charge is -2.13. The predicted molar refractivity (Wildman–Crippen MR) is 106 cm³/mol. The highest BCUT2D eigenvalue weighted by Gasteiger charge is 2.07. The normalized spacial score (nSPS) is 10.2. The molecular formula is C20H22N4O3. The van der Waals surface area contributed by atoms with Crippen LogP contribution in [0.3, 0.4) is 0 Å². The lowest BCUT2D eigenvalue weighted by molar-refractivity contribution is 0.355. The zero-order chi connectivity index (χ0) is 19.2. The van der Waals surface area contributed by atoms with E-state index in [0.29, 0.717) is 29.0 Å². The summed E-state index contributed by atoms with van der Waals surface area (Å²) in [5, 5.41) is 6.54. The van der Waals surface area contributed by atoms with Crippen LogP contribution in [0.2, 0.25) is 0 Å². The first-order chi connectivity index (χ1) is 13.1. The molecule has 2 N–H and O–H groups in total. The average Bonchev–Trinajstić information content (AvgIpc) is 2.67. The van der Waals surface area contributed by atoms with Crippen molar-refractivity contribution in [1.29, 1.82) is 0 Å². The number of methoxy groups -OCH3 is 3. The number of hydrogen-bond acceptors (Lipinski definition) is 7. The molecule has 0 bridgehead atoms. The van der Waals surface area contributed by atoms with Gasteiger partial charge in [0.05, 0.1) is 21.3 Å². The number of hydrogen-bond donors (Lipinski definition) is 2. The molecule has 0 atom stereocenters. The van der Waals surface area contributed by atoms with E-state index in [2.05, 4.69) is 20.6 Å². The summed E-state index contributed by atoms with van der Waals surface area (Å²) in [4.78, 5) is 8.88. The Bertz CT molecular complexity index is 931. The van der Waals surface area contributed by atoms with E-state index in [-0.39, 0.29) is 0 Å². The Morgan fingerprint density at radius 1 is 0.704 bits per heavy atom. The van der Waals surface area contributed by atoms with Crippen LogP contribution in [0.15, 0.2) is 48.5 Å². The molecule has 0 aliphatic rings. The predicted octanol–water partition coefficient (Wildman–Crippen LogP) is 4.30. The van der Waals surface area contributed by atoms with Gasteiger partial charge in [-0.1, -0.05) is 6.07 Å². The fourth-order valence-electron chi connectivity index (χ4n) is 2.61. The summed E-state index contributed by atoms with van der Waals surface area (Å²) >= 11 is 0. The van der Waals surface area contributed by atoms with Gasteiger partial charge in [-0.3, -0.25) is 0 Å². The van der Waals surface area contributed by atoms with Crippen molar-refractivity contribution in [3.8, 4) is 17.2 Å². The van der Waals surface area contributed by atoms with E-state index in [1.807, 2.05) is 55.5 Å². The van der Waals surface area contributed by atoms with Crippen molar-refractivity contribution in [1.82, 2.24) is 9.97 Å². The van der Waals surface area contributed by atoms with E-state index in [0.717, 1.165) is 17.1 Å². The monoisotopic (exact) mass is 366 g/mol. The lowest BCUT2D eigenvalue weighted by Crippen LogP contribution is -2.02. The topological polar surface area (TPSA) is 77.5 Å². The quantitative estimate of drug-likeness (QED) is 0.645. The SMILES string of the molecule is COc1cccc(Nc2cc(Nc3ccc(OC)c(OC)c3)nc(C)n2)c1. The summed E-state index contributed by atoms with van der Waals surface area (Å²) in [6, 6.07) is 15.1. The van der Waals surface area contributed by atoms with Crippen LogP contribution >= 0.6 is 0 Å². The van der Waals surface area contributed by atoms with E-state index in [1.54, 1.807) is 21.3 Å². The second kappa shape index (κ2) is 8.27. The molecule has 0 aliphatic carbocycles. The van der Waals surface area contributed by atoms with Crippen LogP contribution in [0.5, 0.6) is 17.2 Å². The van der Waals surface area contributed by atoms with Crippen LogP contribution in [-0.4, -0.2) is 31.3 Å². The minimum Gasteiger partial charge on any atom is -0.497 e. The molecule has 1 heterocycles. The maximum absolute atomic E-state index is 5.34. The number of ether oxygens (including phenoxy) is 3. The number of nitrogens with one attached hydrogen (secondary N) is 2. The molecule has 0 aliphatic heterocycles. The summed E-state index contributed by atoms with van der Waals surface area (Å²) in [5.41, 5.74) is 1.71. The van der Waals surface area contributed by atoms with Crippen molar-refractivity contribution < 1.29 is 14.2 Å². The Balaban J connectivity index is 1.83. The molecule has 3 aromatic rings. The van der Waals surface area contributed by atoms with Crippen molar-refractivity contribution in [3.63, 3.8) is 0 Å². The van der Waals surface area contributed by atoms with Gasteiger partial charge in [-0.25, -0.2) is 9.97 Å². The van der Waals surface area contributed by atoms with Crippen LogP contribution in [0.1, 0.15) is 5.82 Å². The maximum atomic E-state index is 5.34. The lowest BCUT2D eigenvalue weighted by atomic mass is 10.2. The third-order valence-electron chi connectivity index (χ3n) is 3.84. The van der Waals surface area contributed by atoms with E-state index in [9.17, 15) is 0 Å². The summed E-state index contributed by atoms with van der Waals surface area (Å²) in [5.74, 6) is 4.07. The molecule has 0 radical (unpaired) electrons. The second-order valence-corrected chi connectivity index (χ2v) is 5.74. The number of rotatable bonds is 7. The fraction of sp³-hybridized carbons (Fsp3) is 0.200. The van der Waals surface area contributed by atoms with E-state index in [4.69, 9.17) is 14.2 Å². The zero-order valence-electron chi connectivity index (χ0n) is 15.7. The van der Waals surface area contributed by atoms with Crippen molar-refractivity contribution in [3.05, 3.63) is 54.4 Å². The van der Waals surface area contributed by atoms with Gasteiger partial charge in [0.2, 0.25) is 0 Å². The first-order valence-corrected chi connectivity index (χ1v) is 8.37. The Kier molecular flexibility index (Phi) is 5.61. The van der Waals surface area contributed by atoms with Crippen LogP contribution in [0.4, 0.5) is 23.0 Å².